The fourth-order valence-corrected chi connectivity index (χ4v) is 2.79. The van der Waals surface area contributed by atoms with E-state index in [-0.39, 0.29) is 18.0 Å². The van der Waals surface area contributed by atoms with Crippen molar-refractivity contribution < 1.29 is 9.13 Å². The smallest absolute Gasteiger partial charge is 0.126 e. The minimum atomic E-state index is -0.277. The second-order valence-corrected chi connectivity index (χ2v) is 5.99. The van der Waals surface area contributed by atoms with E-state index in [0.717, 1.165) is 21.2 Å². The van der Waals surface area contributed by atoms with Crippen molar-refractivity contribution in [3.05, 3.63) is 63.4 Å². The van der Waals surface area contributed by atoms with Gasteiger partial charge in [-0.25, -0.2) is 4.39 Å². The van der Waals surface area contributed by atoms with Crippen LogP contribution in [0.5, 0.6) is 5.75 Å². The molecule has 0 saturated heterocycles. The third kappa shape index (κ3) is 2.45. The molecule has 3 rings (SSSR count). The number of rotatable bonds is 1. The zero-order valence-electron chi connectivity index (χ0n) is 11.1. The first-order valence-corrected chi connectivity index (χ1v) is 7.31. The zero-order valence-corrected chi connectivity index (χ0v) is 12.7. The molecule has 0 aliphatic carbocycles. The molecule has 2 atom stereocenters. The Kier molecular flexibility index (Phi) is 3.52. The van der Waals surface area contributed by atoms with Gasteiger partial charge in [-0.3, -0.25) is 0 Å². The highest BCUT2D eigenvalue weighted by atomic mass is 79.9. The van der Waals surface area contributed by atoms with Gasteiger partial charge in [0.25, 0.3) is 0 Å². The molecule has 0 amide bonds. The number of hydrogen-bond donors (Lipinski definition) is 1. The highest BCUT2D eigenvalue weighted by Gasteiger charge is 2.27. The molecule has 1 aliphatic rings. The molecule has 2 unspecified atom stereocenters. The molecule has 2 aromatic carbocycles. The number of aryl methyl sites for hydroxylation is 1. The van der Waals surface area contributed by atoms with Crippen LogP contribution in [0.4, 0.5) is 4.39 Å². The zero-order chi connectivity index (χ0) is 14.3. The predicted molar refractivity (Wildman–Crippen MR) is 80.2 cm³/mol. The molecule has 1 heterocycles. The van der Waals surface area contributed by atoms with Crippen molar-refractivity contribution in [1.82, 2.24) is 0 Å². The van der Waals surface area contributed by atoms with Gasteiger partial charge in [0.2, 0.25) is 0 Å². The maximum absolute atomic E-state index is 13.3. The van der Waals surface area contributed by atoms with Gasteiger partial charge in [0.15, 0.2) is 0 Å². The fraction of sp³-hybridized carbons (Fsp3) is 0.250. The molecule has 0 radical (unpaired) electrons. The van der Waals surface area contributed by atoms with Crippen molar-refractivity contribution in [1.29, 1.82) is 0 Å². The monoisotopic (exact) mass is 335 g/mol. The maximum Gasteiger partial charge on any atom is 0.126 e. The third-order valence-electron chi connectivity index (χ3n) is 3.66. The molecule has 2 nitrogen and oxygen atoms in total. The first kappa shape index (κ1) is 13.6. The molecule has 0 fully saturated rings. The summed E-state index contributed by atoms with van der Waals surface area (Å²) in [5.74, 6) is 0.399. The number of nitrogens with two attached hydrogens (primary N) is 1. The van der Waals surface area contributed by atoms with Crippen molar-refractivity contribution in [2.45, 2.75) is 25.5 Å². The van der Waals surface area contributed by atoms with Crippen LogP contribution in [-0.4, -0.2) is 0 Å². The van der Waals surface area contributed by atoms with Crippen LogP contribution in [-0.2, 0) is 0 Å². The summed E-state index contributed by atoms with van der Waals surface area (Å²) in [6, 6.07) is 10.5. The Hall–Kier alpha value is -1.39. The fourth-order valence-electron chi connectivity index (χ4n) is 2.55. The van der Waals surface area contributed by atoms with Crippen molar-refractivity contribution in [3.8, 4) is 5.75 Å². The summed E-state index contributed by atoms with van der Waals surface area (Å²) < 4.78 is 20.3. The largest absolute Gasteiger partial charge is 0.485 e. The quantitative estimate of drug-likeness (QED) is 0.837. The molecule has 1 aliphatic heterocycles. The Morgan fingerprint density at radius 3 is 2.80 bits per heavy atom. The molecule has 0 spiro atoms. The number of halogens is 2. The van der Waals surface area contributed by atoms with Crippen LogP contribution in [0.3, 0.4) is 0 Å². The number of fused-ring (bicyclic) bond motifs is 1. The van der Waals surface area contributed by atoms with E-state index in [2.05, 4.69) is 22.0 Å². The van der Waals surface area contributed by atoms with Crippen LogP contribution in [0.1, 0.15) is 35.3 Å². The van der Waals surface area contributed by atoms with Gasteiger partial charge in [0.05, 0.1) is 0 Å². The topological polar surface area (TPSA) is 35.2 Å². The Balaban J connectivity index is 1.94. The molecule has 0 aromatic heterocycles. The Morgan fingerprint density at radius 2 is 2.05 bits per heavy atom. The molecule has 4 heteroatoms. The van der Waals surface area contributed by atoms with E-state index in [1.807, 2.05) is 19.1 Å². The number of benzene rings is 2. The second-order valence-electron chi connectivity index (χ2n) is 5.14. The van der Waals surface area contributed by atoms with Crippen LogP contribution < -0.4 is 10.5 Å². The third-order valence-corrected chi connectivity index (χ3v) is 4.55. The van der Waals surface area contributed by atoms with Gasteiger partial charge in [-0.1, -0.05) is 28.1 Å². The number of ether oxygens (including phenoxy) is 1. The van der Waals surface area contributed by atoms with E-state index in [1.54, 1.807) is 6.07 Å². The summed E-state index contributed by atoms with van der Waals surface area (Å²) in [6.07, 6.45) is 0.562. The van der Waals surface area contributed by atoms with Gasteiger partial charge in [0.1, 0.15) is 17.7 Å². The lowest BCUT2D eigenvalue weighted by atomic mass is 9.93. The van der Waals surface area contributed by atoms with Crippen LogP contribution >= 0.6 is 15.9 Å². The molecule has 2 N–H and O–H groups in total. The van der Waals surface area contributed by atoms with Crippen molar-refractivity contribution >= 4 is 15.9 Å². The van der Waals surface area contributed by atoms with Gasteiger partial charge < -0.3 is 10.5 Å². The van der Waals surface area contributed by atoms with Gasteiger partial charge in [0, 0.05) is 22.5 Å². The Bertz CT molecular complexity index is 659. The number of hydrogen-bond acceptors (Lipinski definition) is 2. The van der Waals surface area contributed by atoms with E-state index in [1.165, 1.54) is 12.1 Å². The maximum atomic E-state index is 13.3. The standard InChI is InChI=1S/C16H15BrFNO/c1-9-6-10(2-4-13(9)17)16-8-14(19)12-7-11(18)3-5-15(12)20-16/h2-7,14,16H,8,19H2,1H3. The van der Waals surface area contributed by atoms with Gasteiger partial charge in [-0.15, -0.1) is 0 Å². The van der Waals surface area contributed by atoms with Crippen molar-refractivity contribution in [2.24, 2.45) is 5.73 Å². The average molecular weight is 336 g/mol. The van der Waals surface area contributed by atoms with Crippen LogP contribution in [0.25, 0.3) is 0 Å². The molecular formula is C16H15BrFNO. The summed E-state index contributed by atoms with van der Waals surface area (Å²) in [7, 11) is 0. The average Bonchev–Trinajstić information content (AvgIpc) is 2.42. The van der Waals surface area contributed by atoms with Gasteiger partial charge in [-0.05, 0) is 42.3 Å². The lowest BCUT2D eigenvalue weighted by Gasteiger charge is -2.30. The van der Waals surface area contributed by atoms with Gasteiger partial charge >= 0.3 is 0 Å². The summed E-state index contributed by atoms with van der Waals surface area (Å²) in [5.41, 5.74) is 9.15. The molecule has 2 aromatic rings. The minimum absolute atomic E-state index is 0.0882. The van der Waals surface area contributed by atoms with E-state index < -0.39 is 0 Å². The van der Waals surface area contributed by atoms with E-state index >= 15 is 0 Å². The van der Waals surface area contributed by atoms with Crippen molar-refractivity contribution in [2.75, 3.05) is 0 Å². The van der Waals surface area contributed by atoms with E-state index in [9.17, 15) is 4.39 Å². The predicted octanol–water partition coefficient (Wildman–Crippen LogP) is 4.42. The molecule has 0 bridgehead atoms. The highest BCUT2D eigenvalue weighted by molar-refractivity contribution is 9.10. The highest BCUT2D eigenvalue weighted by Crippen LogP contribution is 2.40. The molecule has 20 heavy (non-hydrogen) atoms. The van der Waals surface area contributed by atoms with Gasteiger partial charge in [-0.2, -0.15) is 0 Å². The lowest BCUT2D eigenvalue weighted by molar-refractivity contribution is 0.161. The Labute approximate surface area is 125 Å². The normalized spacial score (nSPS) is 21.2. The molecule has 104 valence electrons. The van der Waals surface area contributed by atoms with Crippen molar-refractivity contribution in [3.63, 3.8) is 0 Å². The summed E-state index contributed by atoms with van der Waals surface area (Å²) in [4.78, 5) is 0. The summed E-state index contributed by atoms with van der Waals surface area (Å²) in [5, 5.41) is 0. The first-order chi connectivity index (χ1) is 9.54. The first-order valence-electron chi connectivity index (χ1n) is 6.52. The van der Waals surface area contributed by atoms with E-state index in [0.29, 0.717) is 12.2 Å². The molecular weight excluding hydrogens is 321 g/mol. The second kappa shape index (κ2) is 5.19. The lowest BCUT2D eigenvalue weighted by Crippen LogP contribution is -2.24. The Morgan fingerprint density at radius 1 is 1.25 bits per heavy atom. The van der Waals surface area contributed by atoms with Crippen LogP contribution in [0, 0.1) is 12.7 Å². The summed E-state index contributed by atoms with van der Waals surface area (Å²) in [6.45, 7) is 2.04. The van der Waals surface area contributed by atoms with Crippen LogP contribution in [0.15, 0.2) is 40.9 Å². The summed E-state index contributed by atoms with van der Waals surface area (Å²) >= 11 is 3.49. The van der Waals surface area contributed by atoms with Crippen LogP contribution in [0.2, 0.25) is 0 Å². The molecule has 0 saturated carbocycles. The van der Waals surface area contributed by atoms with E-state index in [4.69, 9.17) is 10.5 Å². The SMILES string of the molecule is Cc1cc(C2CC(N)c3cc(F)ccc3O2)ccc1Br. The minimum Gasteiger partial charge on any atom is -0.485 e.